The first-order valence-electron chi connectivity index (χ1n) is 6.46. The fraction of sp³-hybridized carbons (Fsp3) is 0. The molecule has 2 aromatic carbocycles. The van der Waals surface area contributed by atoms with E-state index in [1.807, 2.05) is 6.07 Å². The van der Waals surface area contributed by atoms with Gasteiger partial charge in [-0.1, -0.05) is 18.2 Å². The van der Waals surface area contributed by atoms with Gasteiger partial charge in [0.25, 0.3) is 5.91 Å². The summed E-state index contributed by atoms with van der Waals surface area (Å²) in [6.07, 6.45) is 1.33. The standard InChI is InChI=1S/C17H12N4O/c18-10-13(11-19)12-20-15-6-8-16(9-7-15)21-17(22)14-4-2-1-3-5-14/h1-9,12,20H,(H,21,22). The van der Waals surface area contributed by atoms with Crippen LogP contribution in [0.3, 0.4) is 0 Å². The van der Waals surface area contributed by atoms with Gasteiger partial charge in [-0.15, -0.1) is 0 Å². The fourth-order valence-electron chi connectivity index (χ4n) is 1.69. The van der Waals surface area contributed by atoms with E-state index in [9.17, 15) is 4.79 Å². The van der Waals surface area contributed by atoms with Crippen molar-refractivity contribution in [2.24, 2.45) is 0 Å². The Hall–Kier alpha value is -3.57. The molecule has 0 atom stereocenters. The lowest BCUT2D eigenvalue weighted by atomic mass is 10.2. The Morgan fingerprint density at radius 1 is 0.909 bits per heavy atom. The third-order valence-corrected chi connectivity index (χ3v) is 2.80. The Kier molecular flexibility index (Phi) is 4.90. The van der Waals surface area contributed by atoms with Gasteiger partial charge in [0.1, 0.15) is 17.7 Å². The number of rotatable bonds is 4. The summed E-state index contributed by atoms with van der Waals surface area (Å²) in [5.74, 6) is -0.183. The number of carbonyl (C=O) groups is 1. The molecule has 1 amide bonds. The van der Waals surface area contributed by atoms with E-state index < -0.39 is 0 Å². The van der Waals surface area contributed by atoms with E-state index in [4.69, 9.17) is 10.5 Å². The Morgan fingerprint density at radius 2 is 1.50 bits per heavy atom. The van der Waals surface area contributed by atoms with Crippen LogP contribution in [-0.4, -0.2) is 5.91 Å². The van der Waals surface area contributed by atoms with Crippen LogP contribution >= 0.6 is 0 Å². The van der Waals surface area contributed by atoms with Crippen molar-refractivity contribution < 1.29 is 4.79 Å². The van der Waals surface area contributed by atoms with Gasteiger partial charge in [-0.25, -0.2) is 0 Å². The Labute approximate surface area is 128 Å². The van der Waals surface area contributed by atoms with Crippen LogP contribution in [0.25, 0.3) is 0 Å². The third-order valence-electron chi connectivity index (χ3n) is 2.80. The summed E-state index contributed by atoms with van der Waals surface area (Å²) in [5, 5.41) is 22.9. The molecule has 0 aliphatic carbocycles. The van der Waals surface area contributed by atoms with Crippen LogP contribution in [0.1, 0.15) is 10.4 Å². The van der Waals surface area contributed by atoms with Gasteiger partial charge in [0.15, 0.2) is 0 Å². The van der Waals surface area contributed by atoms with Crippen LogP contribution in [0.15, 0.2) is 66.4 Å². The highest BCUT2D eigenvalue weighted by atomic mass is 16.1. The van der Waals surface area contributed by atoms with Crippen molar-refractivity contribution in [3.05, 3.63) is 71.9 Å². The molecule has 0 aliphatic rings. The fourth-order valence-corrected chi connectivity index (χ4v) is 1.69. The second-order valence-corrected chi connectivity index (χ2v) is 4.32. The third kappa shape index (κ3) is 3.96. The molecule has 0 fully saturated rings. The summed E-state index contributed by atoms with van der Waals surface area (Å²) >= 11 is 0. The second kappa shape index (κ2) is 7.28. The SMILES string of the molecule is N#CC(C#N)=CNc1ccc(NC(=O)c2ccccc2)cc1. The van der Waals surface area contributed by atoms with Crippen LogP contribution in [0.5, 0.6) is 0 Å². The summed E-state index contributed by atoms with van der Waals surface area (Å²) in [6, 6.07) is 19.4. The van der Waals surface area contributed by atoms with Crippen molar-refractivity contribution in [2.75, 3.05) is 10.6 Å². The van der Waals surface area contributed by atoms with Crippen molar-refractivity contribution in [1.29, 1.82) is 10.5 Å². The van der Waals surface area contributed by atoms with Gasteiger partial charge in [-0.2, -0.15) is 10.5 Å². The van der Waals surface area contributed by atoms with E-state index in [0.717, 1.165) is 0 Å². The Bertz CT molecular complexity index is 749. The van der Waals surface area contributed by atoms with Crippen LogP contribution in [-0.2, 0) is 0 Å². The van der Waals surface area contributed by atoms with E-state index in [-0.39, 0.29) is 11.5 Å². The lowest BCUT2D eigenvalue weighted by Crippen LogP contribution is -2.11. The van der Waals surface area contributed by atoms with Gasteiger partial charge in [0.2, 0.25) is 0 Å². The normalized spacial score (nSPS) is 9.00. The molecule has 0 saturated carbocycles. The highest BCUT2D eigenvalue weighted by Gasteiger charge is 2.04. The van der Waals surface area contributed by atoms with Gasteiger partial charge < -0.3 is 10.6 Å². The number of nitriles is 2. The molecule has 22 heavy (non-hydrogen) atoms. The van der Waals surface area contributed by atoms with Crippen molar-refractivity contribution in [2.45, 2.75) is 0 Å². The van der Waals surface area contributed by atoms with E-state index in [1.54, 1.807) is 60.7 Å². The molecule has 0 spiro atoms. The lowest BCUT2D eigenvalue weighted by Gasteiger charge is -2.06. The first-order chi connectivity index (χ1) is 10.7. The Morgan fingerprint density at radius 3 is 2.09 bits per heavy atom. The molecule has 0 unspecified atom stereocenters. The number of nitrogens with zero attached hydrogens (tertiary/aromatic N) is 2. The molecule has 106 valence electrons. The molecule has 2 aromatic rings. The molecule has 5 heteroatoms. The quantitative estimate of drug-likeness (QED) is 0.845. The number of benzene rings is 2. The first-order valence-corrected chi connectivity index (χ1v) is 6.46. The minimum atomic E-state index is -0.183. The largest absolute Gasteiger partial charge is 0.360 e. The molecule has 0 aromatic heterocycles. The molecule has 0 heterocycles. The first kappa shape index (κ1) is 14.8. The maximum absolute atomic E-state index is 12.0. The van der Waals surface area contributed by atoms with Crippen molar-refractivity contribution in [1.82, 2.24) is 0 Å². The molecule has 0 aliphatic heterocycles. The summed E-state index contributed by atoms with van der Waals surface area (Å²) in [5.41, 5.74) is 1.94. The van der Waals surface area contributed by atoms with Gasteiger partial charge in [0.05, 0.1) is 0 Å². The topological polar surface area (TPSA) is 88.7 Å². The number of amides is 1. The average molecular weight is 288 g/mol. The molecule has 0 bridgehead atoms. The summed E-state index contributed by atoms with van der Waals surface area (Å²) in [7, 11) is 0. The minimum Gasteiger partial charge on any atom is -0.360 e. The van der Waals surface area contributed by atoms with E-state index in [1.165, 1.54) is 6.20 Å². The van der Waals surface area contributed by atoms with Crippen LogP contribution in [0.2, 0.25) is 0 Å². The van der Waals surface area contributed by atoms with E-state index in [2.05, 4.69) is 10.6 Å². The number of allylic oxidation sites excluding steroid dienone is 1. The van der Waals surface area contributed by atoms with E-state index in [0.29, 0.717) is 16.9 Å². The Balaban J connectivity index is 2.01. The summed E-state index contributed by atoms with van der Waals surface area (Å²) < 4.78 is 0. The van der Waals surface area contributed by atoms with Crippen LogP contribution < -0.4 is 10.6 Å². The zero-order valence-electron chi connectivity index (χ0n) is 11.6. The van der Waals surface area contributed by atoms with Crippen LogP contribution in [0.4, 0.5) is 11.4 Å². The van der Waals surface area contributed by atoms with Gasteiger partial charge in [0, 0.05) is 23.1 Å². The lowest BCUT2D eigenvalue weighted by molar-refractivity contribution is 0.102. The maximum atomic E-state index is 12.0. The number of carbonyl (C=O) groups excluding carboxylic acids is 1. The van der Waals surface area contributed by atoms with Crippen molar-refractivity contribution in [3.8, 4) is 12.1 Å². The molecular formula is C17H12N4O. The average Bonchev–Trinajstić information content (AvgIpc) is 2.58. The summed E-state index contributed by atoms with van der Waals surface area (Å²) in [6.45, 7) is 0. The maximum Gasteiger partial charge on any atom is 0.255 e. The molecule has 0 saturated heterocycles. The minimum absolute atomic E-state index is 0.0125. The smallest absolute Gasteiger partial charge is 0.255 e. The number of anilines is 2. The highest BCUT2D eigenvalue weighted by molar-refractivity contribution is 6.04. The zero-order valence-corrected chi connectivity index (χ0v) is 11.6. The van der Waals surface area contributed by atoms with Gasteiger partial charge in [-0.3, -0.25) is 4.79 Å². The number of nitrogens with one attached hydrogen (secondary N) is 2. The molecule has 5 nitrogen and oxygen atoms in total. The second-order valence-electron chi connectivity index (χ2n) is 4.32. The predicted octanol–water partition coefficient (Wildman–Crippen LogP) is 3.28. The molecular weight excluding hydrogens is 276 g/mol. The monoisotopic (exact) mass is 288 g/mol. The predicted molar refractivity (Wildman–Crippen MR) is 83.8 cm³/mol. The van der Waals surface area contributed by atoms with Crippen molar-refractivity contribution in [3.63, 3.8) is 0 Å². The number of hydrogen-bond acceptors (Lipinski definition) is 4. The van der Waals surface area contributed by atoms with Crippen LogP contribution in [0, 0.1) is 22.7 Å². The zero-order chi connectivity index (χ0) is 15.8. The molecule has 2 N–H and O–H groups in total. The van der Waals surface area contributed by atoms with Crippen molar-refractivity contribution >= 4 is 17.3 Å². The number of hydrogen-bond donors (Lipinski definition) is 2. The van der Waals surface area contributed by atoms with E-state index >= 15 is 0 Å². The highest BCUT2D eigenvalue weighted by Crippen LogP contribution is 2.15. The molecule has 0 radical (unpaired) electrons. The summed E-state index contributed by atoms with van der Waals surface area (Å²) in [4.78, 5) is 12.0. The van der Waals surface area contributed by atoms with Gasteiger partial charge >= 0.3 is 0 Å². The molecule has 2 rings (SSSR count). The van der Waals surface area contributed by atoms with Gasteiger partial charge in [-0.05, 0) is 36.4 Å².